The highest BCUT2D eigenvalue weighted by Crippen LogP contribution is 2.17. The van der Waals surface area contributed by atoms with Gasteiger partial charge < -0.3 is 10.1 Å². The predicted molar refractivity (Wildman–Crippen MR) is 70.0 cm³/mol. The SMILES string of the molecule is COc1ccc(C(C)NC(=O)c2n[nH]c(C)n2)cc1. The summed E-state index contributed by atoms with van der Waals surface area (Å²) in [6.45, 7) is 3.65. The molecule has 0 radical (unpaired) electrons. The maximum absolute atomic E-state index is 11.9. The zero-order valence-corrected chi connectivity index (χ0v) is 11.1. The van der Waals surface area contributed by atoms with E-state index in [1.165, 1.54) is 0 Å². The van der Waals surface area contributed by atoms with Crippen molar-refractivity contribution in [1.82, 2.24) is 20.5 Å². The molecule has 0 saturated carbocycles. The average molecular weight is 260 g/mol. The number of carbonyl (C=O) groups excluding carboxylic acids is 1. The lowest BCUT2D eigenvalue weighted by molar-refractivity contribution is 0.0929. The Balaban J connectivity index is 2.03. The molecule has 1 aromatic heterocycles. The fourth-order valence-corrected chi connectivity index (χ4v) is 1.68. The molecule has 0 bridgehead atoms. The second-order valence-electron chi connectivity index (χ2n) is 4.21. The molecule has 0 aliphatic heterocycles. The van der Waals surface area contributed by atoms with Crippen LogP contribution in [-0.2, 0) is 0 Å². The number of aryl methyl sites for hydroxylation is 1. The van der Waals surface area contributed by atoms with Crippen LogP contribution in [0.15, 0.2) is 24.3 Å². The highest BCUT2D eigenvalue weighted by Gasteiger charge is 2.15. The molecule has 1 atom stereocenters. The van der Waals surface area contributed by atoms with Crippen LogP contribution in [0.25, 0.3) is 0 Å². The van der Waals surface area contributed by atoms with E-state index in [-0.39, 0.29) is 17.8 Å². The monoisotopic (exact) mass is 260 g/mol. The van der Waals surface area contributed by atoms with Crippen molar-refractivity contribution in [2.24, 2.45) is 0 Å². The summed E-state index contributed by atoms with van der Waals surface area (Å²) in [4.78, 5) is 15.9. The van der Waals surface area contributed by atoms with E-state index in [9.17, 15) is 4.79 Å². The van der Waals surface area contributed by atoms with Crippen molar-refractivity contribution in [2.45, 2.75) is 19.9 Å². The molecule has 2 rings (SSSR count). The number of nitrogens with zero attached hydrogens (tertiary/aromatic N) is 2. The number of H-pyrrole nitrogens is 1. The molecule has 1 aromatic carbocycles. The van der Waals surface area contributed by atoms with E-state index >= 15 is 0 Å². The number of carbonyl (C=O) groups is 1. The van der Waals surface area contributed by atoms with E-state index < -0.39 is 0 Å². The molecule has 1 heterocycles. The second kappa shape index (κ2) is 5.51. The minimum absolute atomic E-state index is 0.128. The molecule has 19 heavy (non-hydrogen) atoms. The summed E-state index contributed by atoms with van der Waals surface area (Å²) in [7, 11) is 1.62. The van der Waals surface area contributed by atoms with Gasteiger partial charge in [0.25, 0.3) is 5.91 Å². The number of hydrogen-bond acceptors (Lipinski definition) is 4. The van der Waals surface area contributed by atoms with Gasteiger partial charge in [0.05, 0.1) is 13.2 Å². The Bertz CT molecular complexity index is 562. The molecule has 0 aliphatic rings. The standard InChI is InChI=1S/C13H16N4O2/c1-8(10-4-6-11(19-3)7-5-10)14-13(18)12-15-9(2)16-17-12/h4-8H,1-3H3,(H,14,18)(H,15,16,17). The Kier molecular flexibility index (Phi) is 3.79. The Hall–Kier alpha value is -2.37. The van der Waals surface area contributed by atoms with Gasteiger partial charge >= 0.3 is 0 Å². The Morgan fingerprint density at radius 1 is 1.37 bits per heavy atom. The van der Waals surface area contributed by atoms with Crippen LogP contribution in [0.5, 0.6) is 5.75 Å². The molecule has 0 spiro atoms. The van der Waals surface area contributed by atoms with E-state index in [4.69, 9.17) is 4.74 Å². The first-order valence-electron chi connectivity index (χ1n) is 5.94. The third-order valence-electron chi connectivity index (χ3n) is 2.76. The molecule has 2 aromatic rings. The molecule has 0 fully saturated rings. The molecule has 6 heteroatoms. The first kappa shape index (κ1) is 13.1. The Labute approximate surface area is 111 Å². The first-order chi connectivity index (χ1) is 9.10. The van der Waals surface area contributed by atoms with E-state index in [0.29, 0.717) is 5.82 Å². The minimum Gasteiger partial charge on any atom is -0.497 e. The molecular formula is C13H16N4O2. The highest BCUT2D eigenvalue weighted by molar-refractivity contribution is 5.90. The number of rotatable bonds is 4. The Morgan fingerprint density at radius 3 is 2.58 bits per heavy atom. The van der Waals surface area contributed by atoms with Crippen LogP contribution < -0.4 is 10.1 Å². The van der Waals surface area contributed by atoms with Gasteiger partial charge in [-0.3, -0.25) is 9.89 Å². The number of methoxy groups -OCH3 is 1. The van der Waals surface area contributed by atoms with Crippen molar-refractivity contribution in [2.75, 3.05) is 7.11 Å². The second-order valence-corrected chi connectivity index (χ2v) is 4.21. The lowest BCUT2D eigenvalue weighted by atomic mass is 10.1. The average Bonchev–Trinajstić information content (AvgIpc) is 2.85. The minimum atomic E-state index is -0.298. The van der Waals surface area contributed by atoms with Crippen LogP contribution >= 0.6 is 0 Å². The highest BCUT2D eigenvalue weighted by atomic mass is 16.5. The van der Waals surface area contributed by atoms with Gasteiger partial charge in [-0.05, 0) is 31.5 Å². The van der Waals surface area contributed by atoms with Crippen molar-refractivity contribution in [1.29, 1.82) is 0 Å². The van der Waals surface area contributed by atoms with Crippen molar-refractivity contribution >= 4 is 5.91 Å². The van der Waals surface area contributed by atoms with Gasteiger partial charge in [-0.25, -0.2) is 4.98 Å². The molecule has 2 N–H and O–H groups in total. The molecule has 0 aliphatic carbocycles. The molecular weight excluding hydrogens is 244 g/mol. The van der Waals surface area contributed by atoms with Crippen molar-refractivity contribution in [3.05, 3.63) is 41.5 Å². The lowest BCUT2D eigenvalue weighted by Gasteiger charge is -2.13. The molecule has 100 valence electrons. The largest absolute Gasteiger partial charge is 0.497 e. The van der Waals surface area contributed by atoms with E-state index in [1.54, 1.807) is 14.0 Å². The third-order valence-corrected chi connectivity index (χ3v) is 2.76. The maximum Gasteiger partial charge on any atom is 0.291 e. The van der Waals surface area contributed by atoms with Gasteiger partial charge in [0, 0.05) is 0 Å². The molecule has 0 saturated heterocycles. The van der Waals surface area contributed by atoms with E-state index in [0.717, 1.165) is 11.3 Å². The number of benzene rings is 1. The van der Waals surface area contributed by atoms with Crippen LogP contribution in [0.3, 0.4) is 0 Å². The van der Waals surface area contributed by atoms with Gasteiger partial charge in [0.1, 0.15) is 11.6 Å². The van der Waals surface area contributed by atoms with Gasteiger partial charge in [0.15, 0.2) is 0 Å². The van der Waals surface area contributed by atoms with Gasteiger partial charge in [-0.15, -0.1) is 5.10 Å². The summed E-state index contributed by atoms with van der Waals surface area (Å²) in [5.74, 6) is 1.25. The van der Waals surface area contributed by atoms with Crippen LogP contribution in [-0.4, -0.2) is 28.2 Å². The molecule has 1 amide bonds. The third kappa shape index (κ3) is 3.09. The number of ether oxygens (including phenoxy) is 1. The summed E-state index contributed by atoms with van der Waals surface area (Å²) >= 11 is 0. The van der Waals surface area contributed by atoms with Crippen LogP contribution in [0.2, 0.25) is 0 Å². The quantitative estimate of drug-likeness (QED) is 0.875. The normalized spacial score (nSPS) is 11.9. The van der Waals surface area contributed by atoms with Crippen LogP contribution in [0.1, 0.15) is 35.0 Å². The van der Waals surface area contributed by atoms with E-state index in [2.05, 4.69) is 20.5 Å². The fraction of sp³-hybridized carbons (Fsp3) is 0.308. The zero-order valence-electron chi connectivity index (χ0n) is 11.1. The van der Waals surface area contributed by atoms with Crippen LogP contribution in [0.4, 0.5) is 0 Å². The van der Waals surface area contributed by atoms with Gasteiger partial charge in [0.2, 0.25) is 5.82 Å². The van der Waals surface area contributed by atoms with Crippen molar-refractivity contribution in [3.63, 3.8) is 0 Å². The molecule has 6 nitrogen and oxygen atoms in total. The number of hydrogen-bond donors (Lipinski definition) is 2. The lowest BCUT2D eigenvalue weighted by Crippen LogP contribution is -2.27. The summed E-state index contributed by atoms with van der Waals surface area (Å²) in [5.41, 5.74) is 0.987. The number of amides is 1. The van der Waals surface area contributed by atoms with Crippen molar-refractivity contribution in [3.8, 4) is 5.75 Å². The number of aromatic amines is 1. The van der Waals surface area contributed by atoms with Crippen molar-refractivity contribution < 1.29 is 9.53 Å². The molecule has 1 unspecified atom stereocenters. The summed E-state index contributed by atoms with van der Waals surface area (Å²) in [6, 6.07) is 7.40. The first-order valence-corrected chi connectivity index (χ1v) is 5.94. The maximum atomic E-state index is 11.9. The summed E-state index contributed by atoms with van der Waals surface area (Å²) in [6.07, 6.45) is 0. The topological polar surface area (TPSA) is 79.9 Å². The van der Waals surface area contributed by atoms with Gasteiger partial charge in [-0.1, -0.05) is 12.1 Å². The van der Waals surface area contributed by atoms with Gasteiger partial charge in [-0.2, -0.15) is 0 Å². The van der Waals surface area contributed by atoms with E-state index in [1.807, 2.05) is 31.2 Å². The summed E-state index contributed by atoms with van der Waals surface area (Å²) < 4.78 is 5.09. The Morgan fingerprint density at radius 2 is 2.05 bits per heavy atom. The summed E-state index contributed by atoms with van der Waals surface area (Å²) in [5, 5.41) is 9.30. The number of aromatic nitrogens is 3. The fourth-order valence-electron chi connectivity index (χ4n) is 1.68. The smallest absolute Gasteiger partial charge is 0.291 e. The van der Waals surface area contributed by atoms with Crippen LogP contribution in [0, 0.1) is 6.92 Å². The predicted octanol–water partition coefficient (Wildman–Crippen LogP) is 1.61. The number of nitrogens with one attached hydrogen (secondary N) is 2. The zero-order chi connectivity index (χ0) is 13.8.